The van der Waals surface area contributed by atoms with Gasteiger partial charge in [-0.1, -0.05) is 0 Å². The smallest absolute Gasteiger partial charge is 0.339 e. The second-order valence-corrected chi connectivity index (χ2v) is 4.84. The normalized spacial score (nSPS) is 30.7. The number of hydrogen-bond donors (Lipinski definition) is 6. The van der Waals surface area contributed by atoms with Gasteiger partial charge < -0.3 is 40.1 Å². The molecule has 0 aliphatic carbocycles. The molecule has 5 unspecified atom stereocenters. The van der Waals surface area contributed by atoms with Gasteiger partial charge in [0, 0.05) is 0 Å². The number of aliphatic carboxylic acids is 1. The lowest BCUT2D eigenvalue weighted by molar-refractivity contribution is -0.271. The average molecular weight is 330 g/mol. The van der Waals surface area contributed by atoms with E-state index in [-0.39, 0.29) is 5.75 Å². The Morgan fingerprint density at radius 2 is 1.70 bits per heavy atom. The molecule has 6 N–H and O–H groups in total. The molecule has 1 heterocycles. The lowest BCUT2D eigenvalue weighted by Gasteiger charge is -2.38. The number of phenols is 1. The third-order valence-corrected chi connectivity index (χ3v) is 3.26. The number of carboxylic acid groups (broad SMARTS) is 2. The Bertz CT molecular complexity index is 615. The Morgan fingerprint density at radius 3 is 2.26 bits per heavy atom. The number of carbonyl (C=O) groups is 2. The number of rotatable bonds is 4. The molecular formula is C13H14O10. The highest BCUT2D eigenvalue weighted by atomic mass is 16.7. The molecule has 0 radical (unpaired) electrons. The van der Waals surface area contributed by atoms with Gasteiger partial charge >= 0.3 is 11.9 Å². The fraction of sp³-hybridized carbons (Fsp3) is 0.385. The number of ether oxygens (including phenoxy) is 2. The van der Waals surface area contributed by atoms with E-state index in [4.69, 9.17) is 19.7 Å². The van der Waals surface area contributed by atoms with Crippen molar-refractivity contribution in [3.8, 4) is 11.5 Å². The van der Waals surface area contributed by atoms with Crippen LogP contribution in [0, 0.1) is 0 Å². The summed E-state index contributed by atoms with van der Waals surface area (Å²) in [5.74, 6) is -3.68. The molecule has 1 aliphatic heterocycles. The predicted octanol–water partition coefficient (Wildman–Crippen LogP) is -1.64. The first-order chi connectivity index (χ1) is 10.7. The quantitative estimate of drug-likeness (QED) is 0.376. The molecule has 0 saturated carbocycles. The lowest BCUT2D eigenvalue weighted by atomic mass is 9.99. The van der Waals surface area contributed by atoms with Crippen molar-refractivity contribution in [3.63, 3.8) is 0 Å². The van der Waals surface area contributed by atoms with Crippen LogP contribution in [0.5, 0.6) is 11.5 Å². The van der Waals surface area contributed by atoms with E-state index in [0.29, 0.717) is 0 Å². The van der Waals surface area contributed by atoms with E-state index in [1.54, 1.807) is 0 Å². The number of aromatic hydroxyl groups is 1. The molecule has 0 aromatic heterocycles. The molecule has 23 heavy (non-hydrogen) atoms. The van der Waals surface area contributed by atoms with Crippen molar-refractivity contribution in [2.24, 2.45) is 0 Å². The van der Waals surface area contributed by atoms with Crippen molar-refractivity contribution in [1.82, 2.24) is 0 Å². The highest BCUT2D eigenvalue weighted by Crippen LogP contribution is 2.27. The largest absolute Gasteiger partial charge is 0.507 e. The average Bonchev–Trinajstić information content (AvgIpc) is 2.49. The molecule has 1 saturated heterocycles. The maximum atomic E-state index is 11.0. The predicted molar refractivity (Wildman–Crippen MR) is 70.0 cm³/mol. The minimum absolute atomic E-state index is 0.156. The third kappa shape index (κ3) is 3.35. The van der Waals surface area contributed by atoms with Gasteiger partial charge in [0.2, 0.25) is 6.29 Å². The van der Waals surface area contributed by atoms with Gasteiger partial charge in [0.1, 0.15) is 35.4 Å². The van der Waals surface area contributed by atoms with E-state index in [9.17, 15) is 30.0 Å². The number of aliphatic hydroxyl groups is 3. The van der Waals surface area contributed by atoms with Gasteiger partial charge in [0.15, 0.2) is 6.10 Å². The summed E-state index contributed by atoms with van der Waals surface area (Å²) in [4.78, 5) is 21.9. The van der Waals surface area contributed by atoms with Gasteiger partial charge in [-0.3, -0.25) is 0 Å². The van der Waals surface area contributed by atoms with Crippen molar-refractivity contribution >= 4 is 11.9 Å². The van der Waals surface area contributed by atoms with Gasteiger partial charge in [0.25, 0.3) is 0 Å². The van der Waals surface area contributed by atoms with Crippen LogP contribution in [0.25, 0.3) is 0 Å². The Balaban J connectivity index is 2.23. The zero-order chi connectivity index (χ0) is 17.3. The minimum Gasteiger partial charge on any atom is -0.507 e. The first-order valence-electron chi connectivity index (χ1n) is 6.37. The van der Waals surface area contributed by atoms with Crippen molar-refractivity contribution in [2.75, 3.05) is 0 Å². The van der Waals surface area contributed by atoms with Gasteiger partial charge in [-0.05, 0) is 18.2 Å². The van der Waals surface area contributed by atoms with Gasteiger partial charge in [-0.25, -0.2) is 9.59 Å². The highest BCUT2D eigenvalue weighted by molar-refractivity contribution is 5.91. The topological polar surface area (TPSA) is 174 Å². The SMILES string of the molecule is O=C(O)c1cc(OC2OC(C(=O)O)C(O)C(O)C2O)ccc1O. The molecule has 2 rings (SSSR count). The second-order valence-electron chi connectivity index (χ2n) is 4.84. The Labute approximate surface area is 128 Å². The fourth-order valence-corrected chi connectivity index (χ4v) is 2.04. The molecular weight excluding hydrogens is 316 g/mol. The zero-order valence-corrected chi connectivity index (χ0v) is 11.4. The van der Waals surface area contributed by atoms with Crippen LogP contribution in [0.15, 0.2) is 18.2 Å². The summed E-state index contributed by atoms with van der Waals surface area (Å²) in [6.45, 7) is 0. The Hall–Kier alpha value is -2.40. The van der Waals surface area contributed by atoms with Crippen LogP contribution in [-0.4, -0.2) is 73.3 Å². The number of aromatic carboxylic acids is 1. The molecule has 10 nitrogen and oxygen atoms in total. The van der Waals surface area contributed by atoms with Crippen LogP contribution in [0.2, 0.25) is 0 Å². The third-order valence-electron chi connectivity index (χ3n) is 3.26. The number of carboxylic acids is 2. The van der Waals surface area contributed by atoms with Crippen molar-refractivity contribution in [1.29, 1.82) is 0 Å². The van der Waals surface area contributed by atoms with Crippen molar-refractivity contribution in [3.05, 3.63) is 23.8 Å². The first kappa shape index (κ1) is 17.0. The maximum absolute atomic E-state index is 11.0. The van der Waals surface area contributed by atoms with Gasteiger partial charge in [-0.15, -0.1) is 0 Å². The van der Waals surface area contributed by atoms with E-state index in [0.717, 1.165) is 18.2 Å². The minimum atomic E-state index is -1.86. The summed E-state index contributed by atoms with van der Waals surface area (Å²) in [7, 11) is 0. The van der Waals surface area contributed by atoms with E-state index >= 15 is 0 Å². The highest BCUT2D eigenvalue weighted by Gasteiger charge is 2.48. The second kappa shape index (κ2) is 6.38. The summed E-state index contributed by atoms with van der Waals surface area (Å²) in [5, 5.41) is 56.1. The molecule has 10 heteroatoms. The Morgan fingerprint density at radius 1 is 1.04 bits per heavy atom. The molecule has 0 bridgehead atoms. The molecule has 1 aromatic carbocycles. The first-order valence-corrected chi connectivity index (χ1v) is 6.37. The molecule has 1 aliphatic rings. The van der Waals surface area contributed by atoms with Crippen LogP contribution in [0.4, 0.5) is 0 Å². The Kier molecular flexibility index (Phi) is 4.71. The van der Waals surface area contributed by atoms with E-state index in [1.807, 2.05) is 0 Å². The summed E-state index contributed by atoms with van der Waals surface area (Å²) in [6.07, 6.45) is -8.99. The standard InChI is InChI=1S/C13H14O10/c14-6-2-1-4(3-5(6)11(18)19)22-13-9(17)7(15)8(16)10(23-13)12(20)21/h1-3,7-10,13-17H,(H,18,19)(H,20,21). The lowest BCUT2D eigenvalue weighted by Crippen LogP contribution is -2.61. The van der Waals surface area contributed by atoms with E-state index in [1.165, 1.54) is 0 Å². The van der Waals surface area contributed by atoms with Gasteiger partial charge in [0.05, 0.1) is 0 Å². The molecule has 126 valence electrons. The molecule has 5 atom stereocenters. The van der Waals surface area contributed by atoms with E-state index < -0.39 is 54.0 Å². The fourth-order valence-electron chi connectivity index (χ4n) is 2.04. The zero-order valence-electron chi connectivity index (χ0n) is 11.4. The van der Waals surface area contributed by atoms with Crippen LogP contribution in [0.3, 0.4) is 0 Å². The van der Waals surface area contributed by atoms with Crippen LogP contribution >= 0.6 is 0 Å². The molecule has 1 fully saturated rings. The molecule has 0 amide bonds. The number of hydrogen-bond acceptors (Lipinski definition) is 8. The summed E-state index contributed by atoms with van der Waals surface area (Å²) < 4.78 is 10.0. The monoisotopic (exact) mass is 330 g/mol. The number of benzene rings is 1. The summed E-state index contributed by atoms with van der Waals surface area (Å²) in [5.41, 5.74) is -0.483. The van der Waals surface area contributed by atoms with Crippen molar-refractivity contribution in [2.45, 2.75) is 30.7 Å². The van der Waals surface area contributed by atoms with Crippen LogP contribution < -0.4 is 4.74 Å². The van der Waals surface area contributed by atoms with E-state index in [2.05, 4.69) is 0 Å². The van der Waals surface area contributed by atoms with Gasteiger partial charge in [-0.2, -0.15) is 0 Å². The molecule has 0 spiro atoms. The number of aliphatic hydroxyl groups excluding tert-OH is 3. The van der Waals surface area contributed by atoms with Crippen LogP contribution in [0.1, 0.15) is 10.4 Å². The molecule has 1 aromatic rings. The summed E-state index contributed by atoms with van der Waals surface area (Å²) in [6, 6.07) is 3.11. The van der Waals surface area contributed by atoms with Crippen LogP contribution in [-0.2, 0) is 9.53 Å². The van der Waals surface area contributed by atoms with Crippen molar-refractivity contribution < 1.29 is 49.7 Å². The summed E-state index contributed by atoms with van der Waals surface area (Å²) >= 11 is 0. The maximum Gasteiger partial charge on any atom is 0.339 e.